The summed E-state index contributed by atoms with van der Waals surface area (Å²) in [6.07, 6.45) is 6.88. The molecular weight excluding hydrogens is 284 g/mol. The van der Waals surface area contributed by atoms with Crippen molar-refractivity contribution in [2.75, 3.05) is 32.7 Å². The number of likely N-dealkylation sites (tertiary alicyclic amines) is 2. The van der Waals surface area contributed by atoms with Crippen molar-refractivity contribution in [3.05, 3.63) is 0 Å². The molecule has 2 aliphatic heterocycles. The van der Waals surface area contributed by atoms with Crippen LogP contribution in [0.25, 0.3) is 0 Å². The Morgan fingerprint density at radius 1 is 1.13 bits per heavy atom. The maximum Gasteiger partial charge on any atom is 0.222 e. The Kier molecular flexibility index (Phi) is 9.85. The minimum atomic E-state index is 0.392. The highest BCUT2D eigenvalue weighted by atomic mass is 16.2. The molecule has 0 saturated carbocycles. The first kappa shape index (κ1) is 20.5. The highest BCUT2D eigenvalue weighted by Gasteiger charge is 2.26. The summed E-state index contributed by atoms with van der Waals surface area (Å²) < 4.78 is 0. The Balaban J connectivity index is 0.00000127. The van der Waals surface area contributed by atoms with Gasteiger partial charge in [-0.05, 0) is 50.0 Å². The van der Waals surface area contributed by atoms with Crippen LogP contribution in [0.15, 0.2) is 0 Å². The lowest BCUT2D eigenvalue weighted by molar-refractivity contribution is -0.133. The van der Waals surface area contributed by atoms with Gasteiger partial charge in [-0.15, -0.1) is 0 Å². The second-order valence-electron chi connectivity index (χ2n) is 7.48. The zero-order valence-electron chi connectivity index (χ0n) is 16.3. The number of carbonyl (C=O) groups is 1. The largest absolute Gasteiger partial charge is 0.343 e. The van der Waals surface area contributed by atoms with Crippen molar-refractivity contribution in [3.63, 3.8) is 0 Å². The van der Waals surface area contributed by atoms with Gasteiger partial charge in [-0.2, -0.15) is 0 Å². The second kappa shape index (κ2) is 11.1. The van der Waals surface area contributed by atoms with Gasteiger partial charge >= 0.3 is 0 Å². The van der Waals surface area contributed by atoms with Crippen molar-refractivity contribution in [2.45, 2.75) is 73.1 Å². The summed E-state index contributed by atoms with van der Waals surface area (Å²) in [5, 5.41) is 0. The van der Waals surface area contributed by atoms with E-state index in [2.05, 4.69) is 30.6 Å². The van der Waals surface area contributed by atoms with E-state index in [9.17, 15) is 4.79 Å². The molecule has 136 valence electrons. The fraction of sp³-hybridized carbons (Fsp3) is 0.950. The molecule has 0 aromatic carbocycles. The first-order valence-corrected chi connectivity index (χ1v) is 10.1. The van der Waals surface area contributed by atoms with Gasteiger partial charge in [0.15, 0.2) is 0 Å². The normalized spacial score (nSPS) is 20.2. The van der Waals surface area contributed by atoms with Crippen LogP contribution in [0, 0.1) is 17.8 Å². The van der Waals surface area contributed by atoms with E-state index in [-0.39, 0.29) is 0 Å². The van der Waals surface area contributed by atoms with Crippen LogP contribution in [0.5, 0.6) is 0 Å². The van der Waals surface area contributed by atoms with Crippen molar-refractivity contribution in [2.24, 2.45) is 17.8 Å². The number of nitrogens with zero attached hydrogens (tertiary/aromatic N) is 2. The lowest BCUT2D eigenvalue weighted by Gasteiger charge is -2.39. The van der Waals surface area contributed by atoms with E-state index in [1.165, 1.54) is 38.8 Å². The zero-order valence-corrected chi connectivity index (χ0v) is 16.3. The van der Waals surface area contributed by atoms with Crippen LogP contribution in [0.4, 0.5) is 0 Å². The molecular formula is C20H40N2O. The number of hydrogen-bond donors (Lipinski definition) is 0. The van der Waals surface area contributed by atoms with Crippen LogP contribution in [-0.2, 0) is 4.79 Å². The Morgan fingerprint density at radius 2 is 1.74 bits per heavy atom. The van der Waals surface area contributed by atoms with Gasteiger partial charge in [0.25, 0.3) is 0 Å². The van der Waals surface area contributed by atoms with Crippen molar-refractivity contribution in [1.29, 1.82) is 0 Å². The SMILES string of the molecule is CC.CCCC1CN(CCCC(=O)N2CCC(C(C)C)CC2)C1. The Labute approximate surface area is 144 Å². The predicted octanol–water partition coefficient (Wildman–Crippen LogP) is 4.42. The fourth-order valence-electron chi connectivity index (χ4n) is 3.88. The molecule has 0 spiro atoms. The minimum Gasteiger partial charge on any atom is -0.343 e. The van der Waals surface area contributed by atoms with Crippen molar-refractivity contribution in [1.82, 2.24) is 9.80 Å². The smallest absolute Gasteiger partial charge is 0.222 e. The molecule has 0 aromatic rings. The molecule has 3 nitrogen and oxygen atoms in total. The van der Waals surface area contributed by atoms with Gasteiger partial charge in [-0.1, -0.05) is 41.0 Å². The lowest BCUT2D eigenvalue weighted by atomic mass is 9.86. The van der Waals surface area contributed by atoms with Gasteiger partial charge in [0.05, 0.1) is 0 Å². The summed E-state index contributed by atoms with van der Waals surface area (Å²) in [6.45, 7) is 16.5. The molecule has 0 atom stereocenters. The van der Waals surface area contributed by atoms with Crippen molar-refractivity contribution >= 4 is 5.91 Å². The van der Waals surface area contributed by atoms with Crippen molar-refractivity contribution < 1.29 is 4.79 Å². The maximum atomic E-state index is 12.2. The van der Waals surface area contributed by atoms with Gasteiger partial charge in [-0.3, -0.25) is 4.79 Å². The number of piperidine rings is 1. The van der Waals surface area contributed by atoms with E-state index >= 15 is 0 Å². The molecule has 2 aliphatic rings. The monoisotopic (exact) mass is 324 g/mol. The van der Waals surface area contributed by atoms with Crippen LogP contribution in [0.1, 0.15) is 73.1 Å². The first-order chi connectivity index (χ1) is 11.1. The lowest BCUT2D eigenvalue weighted by Crippen LogP contribution is -2.47. The third-order valence-corrected chi connectivity index (χ3v) is 5.43. The van der Waals surface area contributed by atoms with E-state index in [1.54, 1.807) is 0 Å². The van der Waals surface area contributed by atoms with Gasteiger partial charge < -0.3 is 9.80 Å². The summed E-state index contributed by atoms with van der Waals surface area (Å²) in [7, 11) is 0. The molecule has 1 amide bonds. The third-order valence-electron chi connectivity index (χ3n) is 5.43. The summed E-state index contributed by atoms with van der Waals surface area (Å²) in [4.78, 5) is 16.9. The predicted molar refractivity (Wildman–Crippen MR) is 99.6 cm³/mol. The second-order valence-corrected chi connectivity index (χ2v) is 7.48. The standard InChI is InChI=1S/C18H34N2O.C2H6/c1-4-6-16-13-19(14-16)10-5-7-18(21)20-11-8-17(9-12-20)15(2)3;1-2/h15-17H,4-14H2,1-3H3;1-2H3. The molecule has 2 fully saturated rings. The topological polar surface area (TPSA) is 23.6 Å². The quantitative estimate of drug-likeness (QED) is 0.692. The molecule has 0 aromatic heterocycles. The highest BCUT2D eigenvalue weighted by molar-refractivity contribution is 5.76. The Bertz CT molecular complexity index is 316. The molecule has 0 radical (unpaired) electrons. The zero-order chi connectivity index (χ0) is 17.2. The molecule has 0 bridgehead atoms. The van der Waals surface area contributed by atoms with Crippen LogP contribution >= 0.6 is 0 Å². The van der Waals surface area contributed by atoms with Crippen LogP contribution in [0.2, 0.25) is 0 Å². The summed E-state index contributed by atoms with van der Waals surface area (Å²) in [5.74, 6) is 2.92. The molecule has 2 heterocycles. The minimum absolute atomic E-state index is 0.392. The average Bonchev–Trinajstić information content (AvgIpc) is 2.54. The summed E-state index contributed by atoms with van der Waals surface area (Å²) >= 11 is 0. The van der Waals surface area contributed by atoms with E-state index in [0.717, 1.165) is 50.2 Å². The highest BCUT2D eigenvalue weighted by Crippen LogP contribution is 2.25. The van der Waals surface area contributed by atoms with E-state index in [0.29, 0.717) is 5.91 Å². The van der Waals surface area contributed by atoms with Gasteiger partial charge in [0, 0.05) is 32.6 Å². The van der Waals surface area contributed by atoms with Gasteiger partial charge in [-0.25, -0.2) is 0 Å². The van der Waals surface area contributed by atoms with E-state index in [4.69, 9.17) is 0 Å². The third kappa shape index (κ3) is 6.82. The summed E-state index contributed by atoms with van der Waals surface area (Å²) in [6, 6.07) is 0. The van der Waals surface area contributed by atoms with Crippen LogP contribution in [0.3, 0.4) is 0 Å². The van der Waals surface area contributed by atoms with Crippen LogP contribution < -0.4 is 0 Å². The molecule has 23 heavy (non-hydrogen) atoms. The molecule has 2 rings (SSSR count). The Hall–Kier alpha value is -0.570. The average molecular weight is 325 g/mol. The summed E-state index contributed by atoms with van der Waals surface area (Å²) in [5.41, 5.74) is 0. The van der Waals surface area contributed by atoms with E-state index in [1.807, 2.05) is 13.8 Å². The maximum absolute atomic E-state index is 12.2. The van der Waals surface area contributed by atoms with E-state index < -0.39 is 0 Å². The Morgan fingerprint density at radius 3 is 2.26 bits per heavy atom. The molecule has 0 unspecified atom stereocenters. The van der Waals surface area contributed by atoms with Crippen molar-refractivity contribution in [3.8, 4) is 0 Å². The number of carbonyl (C=O) groups excluding carboxylic acids is 1. The van der Waals surface area contributed by atoms with Gasteiger partial charge in [0.1, 0.15) is 0 Å². The molecule has 3 heteroatoms. The number of rotatable bonds is 7. The molecule has 0 aliphatic carbocycles. The number of amides is 1. The van der Waals surface area contributed by atoms with Gasteiger partial charge in [0.2, 0.25) is 5.91 Å². The molecule has 2 saturated heterocycles. The fourth-order valence-corrected chi connectivity index (χ4v) is 3.88. The first-order valence-electron chi connectivity index (χ1n) is 10.1. The number of hydrogen-bond acceptors (Lipinski definition) is 2. The molecule has 0 N–H and O–H groups in total. The van der Waals surface area contributed by atoms with Crippen LogP contribution in [-0.4, -0.2) is 48.4 Å².